The van der Waals surface area contributed by atoms with E-state index in [-0.39, 0.29) is 11.2 Å². The number of carbonyl (C=O) groups is 1. The first-order valence-electron chi connectivity index (χ1n) is 8.20. The molecule has 1 aromatic carbocycles. The maximum absolute atomic E-state index is 12.4. The molecule has 2 aromatic heterocycles. The number of aromatic nitrogens is 2. The van der Waals surface area contributed by atoms with Crippen LogP contribution in [-0.2, 0) is 22.6 Å². The van der Waals surface area contributed by atoms with E-state index in [1.807, 2.05) is 31.2 Å². The molecule has 138 valence electrons. The highest BCUT2D eigenvalue weighted by atomic mass is 35.5. The second kappa shape index (κ2) is 8.62. The van der Waals surface area contributed by atoms with Crippen LogP contribution in [0.2, 0.25) is 5.02 Å². The number of methoxy groups -OCH3 is 1. The van der Waals surface area contributed by atoms with Crippen LogP contribution in [0.3, 0.4) is 0 Å². The summed E-state index contributed by atoms with van der Waals surface area (Å²) in [4.78, 5) is 17.0. The van der Waals surface area contributed by atoms with Crippen LogP contribution < -0.4 is 5.32 Å². The van der Waals surface area contributed by atoms with Gasteiger partial charge in [0.1, 0.15) is 5.76 Å². The minimum atomic E-state index is -0.307. The summed E-state index contributed by atoms with van der Waals surface area (Å²) in [6.45, 7) is 3.43. The molecule has 0 aliphatic carbocycles. The standard InChI is InChI=1S/C18H20ClN3O3S/c1-12(17(23)20-11-14-4-3-8-25-14)26-18-21-15-10-13(19)5-6-16(15)22(18)7-9-24-2/h3-6,8,10,12H,7,9,11H2,1-2H3,(H,20,23)/t12-/m1/s1. The number of fused-ring (bicyclic) bond motifs is 1. The molecule has 6 nitrogen and oxygen atoms in total. The molecular formula is C18H20ClN3O3S. The van der Waals surface area contributed by atoms with Crippen molar-refractivity contribution in [2.45, 2.75) is 30.4 Å². The van der Waals surface area contributed by atoms with Gasteiger partial charge in [-0.15, -0.1) is 0 Å². The van der Waals surface area contributed by atoms with Crippen LogP contribution in [-0.4, -0.2) is 34.4 Å². The normalized spacial score (nSPS) is 12.4. The van der Waals surface area contributed by atoms with Gasteiger partial charge in [0.25, 0.3) is 0 Å². The van der Waals surface area contributed by atoms with E-state index in [2.05, 4.69) is 14.9 Å². The first kappa shape index (κ1) is 18.8. The topological polar surface area (TPSA) is 69.3 Å². The fourth-order valence-corrected chi connectivity index (χ4v) is 3.65. The number of thioether (sulfide) groups is 1. The molecular weight excluding hydrogens is 374 g/mol. The molecule has 0 fully saturated rings. The van der Waals surface area contributed by atoms with E-state index >= 15 is 0 Å². The van der Waals surface area contributed by atoms with Crippen LogP contribution in [0.4, 0.5) is 0 Å². The number of furan rings is 1. The van der Waals surface area contributed by atoms with Crippen LogP contribution in [0.1, 0.15) is 12.7 Å². The second-order valence-corrected chi connectivity index (χ2v) is 7.47. The first-order chi connectivity index (χ1) is 12.6. The summed E-state index contributed by atoms with van der Waals surface area (Å²) in [6.07, 6.45) is 1.59. The number of halogens is 1. The van der Waals surface area contributed by atoms with Crippen molar-refractivity contribution in [2.75, 3.05) is 13.7 Å². The second-order valence-electron chi connectivity index (χ2n) is 5.73. The van der Waals surface area contributed by atoms with Gasteiger partial charge in [0.05, 0.1) is 35.7 Å². The van der Waals surface area contributed by atoms with Crippen LogP contribution in [0.5, 0.6) is 0 Å². The lowest BCUT2D eigenvalue weighted by Crippen LogP contribution is -2.30. The minimum absolute atomic E-state index is 0.0743. The van der Waals surface area contributed by atoms with Gasteiger partial charge in [-0.25, -0.2) is 4.98 Å². The van der Waals surface area contributed by atoms with E-state index in [0.29, 0.717) is 24.7 Å². The Balaban J connectivity index is 1.74. The SMILES string of the molecule is COCCn1c(S[C@H](C)C(=O)NCc2ccco2)nc2cc(Cl)ccc21. The minimum Gasteiger partial charge on any atom is -0.467 e. The number of benzene rings is 1. The van der Waals surface area contributed by atoms with E-state index in [4.69, 9.17) is 20.8 Å². The summed E-state index contributed by atoms with van der Waals surface area (Å²) in [5.74, 6) is 0.646. The molecule has 0 aliphatic rings. The van der Waals surface area contributed by atoms with Crippen molar-refractivity contribution in [3.63, 3.8) is 0 Å². The zero-order valence-electron chi connectivity index (χ0n) is 14.6. The molecule has 1 amide bonds. The average Bonchev–Trinajstić information content (AvgIpc) is 3.25. The first-order valence-corrected chi connectivity index (χ1v) is 9.45. The quantitative estimate of drug-likeness (QED) is 0.590. The van der Waals surface area contributed by atoms with Gasteiger partial charge < -0.3 is 19.0 Å². The number of hydrogen-bond acceptors (Lipinski definition) is 5. The number of imidazole rings is 1. The van der Waals surface area contributed by atoms with E-state index < -0.39 is 0 Å². The lowest BCUT2D eigenvalue weighted by atomic mass is 10.3. The summed E-state index contributed by atoms with van der Waals surface area (Å²) in [7, 11) is 1.66. The highest BCUT2D eigenvalue weighted by molar-refractivity contribution is 8.00. The van der Waals surface area contributed by atoms with Crippen molar-refractivity contribution in [1.29, 1.82) is 0 Å². The molecule has 0 spiro atoms. The van der Waals surface area contributed by atoms with Crippen molar-refractivity contribution in [3.8, 4) is 0 Å². The molecule has 1 N–H and O–H groups in total. The fraction of sp³-hybridized carbons (Fsp3) is 0.333. The van der Waals surface area contributed by atoms with E-state index in [9.17, 15) is 4.79 Å². The highest BCUT2D eigenvalue weighted by Crippen LogP contribution is 2.29. The molecule has 0 saturated heterocycles. The van der Waals surface area contributed by atoms with E-state index in [0.717, 1.165) is 22.0 Å². The summed E-state index contributed by atoms with van der Waals surface area (Å²) < 4.78 is 12.5. The molecule has 0 bridgehead atoms. The van der Waals surface area contributed by atoms with Crippen molar-refractivity contribution in [3.05, 3.63) is 47.4 Å². The number of nitrogens with zero attached hydrogens (tertiary/aromatic N) is 2. The predicted molar refractivity (Wildman–Crippen MR) is 102 cm³/mol. The molecule has 26 heavy (non-hydrogen) atoms. The average molecular weight is 394 g/mol. The van der Waals surface area contributed by atoms with Gasteiger partial charge in [0.2, 0.25) is 5.91 Å². The van der Waals surface area contributed by atoms with Crippen LogP contribution in [0.25, 0.3) is 11.0 Å². The third-order valence-corrected chi connectivity index (χ3v) is 5.19. The Kier molecular flexibility index (Phi) is 6.24. The van der Waals surface area contributed by atoms with Gasteiger partial charge in [-0.1, -0.05) is 23.4 Å². The molecule has 3 rings (SSSR count). The monoisotopic (exact) mass is 393 g/mol. The summed E-state index contributed by atoms with van der Waals surface area (Å²) in [6, 6.07) is 9.22. The van der Waals surface area contributed by atoms with Gasteiger partial charge in [-0.3, -0.25) is 4.79 Å². The smallest absolute Gasteiger partial charge is 0.233 e. The molecule has 3 aromatic rings. The van der Waals surface area contributed by atoms with Crippen molar-refractivity contribution in [1.82, 2.24) is 14.9 Å². The number of nitrogens with one attached hydrogen (secondary N) is 1. The molecule has 1 atom stereocenters. The highest BCUT2D eigenvalue weighted by Gasteiger charge is 2.19. The number of hydrogen-bond donors (Lipinski definition) is 1. The molecule has 0 saturated carbocycles. The summed E-state index contributed by atoms with van der Waals surface area (Å²) in [5, 5.41) is 3.97. The zero-order valence-corrected chi connectivity index (χ0v) is 16.1. The van der Waals surface area contributed by atoms with Gasteiger partial charge in [0, 0.05) is 18.7 Å². The summed E-state index contributed by atoms with van der Waals surface area (Å²) in [5.41, 5.74) is 1.77. The Morgan fingerprint density at radius 2 is 2.31 bits per heavy atom. The van der Waals surface area contributed by atoms with Gasteiger partial charge in [-0.05, 0) is 37.3 Å². The Bertz CT molecular complexity index is 879. The number of rotatable bonds is 8. The Morgan fingerprint density at radius 1 is 1.46 bits per heavy atom. The van der Waals surface area contributed by atoms with Gasteiger partial charge >= 0.3 is 0 Å². The number of carbonyl (C=O) groups excluding carboxylic acids is 1. The van der Waals surface area contributed by atoms with Crippen LogP contribution in [0.15, 0.2) is 46.2 Å². The van der Waals surface area contributed by atoms with Gasteiger partial charge in [0.15, 0.2) is 5.16 Å². The molecule has 8 heteroatoms. The molecule has 0 aliphatic heterocycles. The van der Waals surface area contributed by atoms with Crippen molar-refractivity contribution < 1.29 is 13.9 Å². The van der Waals surface area contributed by atoms with Crippen molar-refractivity contribution >= 4 is 40.3 Å². The third-order valence-electron chi connectivity index (χ3n) is 3.86. The maximum Gasteiger partial charge on any atom is 0.233 e. The van der Waals surface area contributed by atoms with E-state index in [1.165, 1.54) is 11.8 Å². The molecule has 0 radical (unpaired) electrons. The maximum atomic E-state index is 12.4. The predicted octanol–water partition coefficient (Wildman–Crippen LogP) is 3.73. The van der Waals surface area contributed by atoms with Gasteiger partial charge in [-0.2, -0.15) is 0 Å². The lowest BCUT2D eigenvalue weighted by molar-refractivity contribution is -0.120. The van der Waals surface area contributed by atoms with Crippen LogP contribution >= 0.6 is 23.4 Å². The van der Waals surface area contributed by atoms with Crippen LogP contribution in [0, 0.1) is 0 Å². The summed E-state index contributed by atoms with van der Waals surface area (Å²) >= 11 is 7.49. The number of ether oxygens (including phenoxy) is 1. The Labute approximate surface area is 160 Å². The fourth-order valence-electron chi connectivity index (χ4n) is 2.51. The zero-order chi connectivity index (χ0) is 18.5. The third kappa shape index (κ3) is 4.41. The van der Waals surface area contributed by atoms with Crippen molar-refractivity contribution in [2.24, 2.45) is 0 Å². The Morgan fingerprint density at radius 3 is 3.04 bits per heavy atom. The molecule has 2 heterocycles. The molecule has 0 unspecified atom stereocenters. The Hall–Kier alpha value is -1.96. The van der Waals surface area contributed by atoms with E-state index in [1.54, 1.807) is 19.4 Å². The lowest BCUT2D eigenvalue weighted by Gasteiger charge is -2.13. The largest absolute Gasteiger partial charge is 0.467 e. The number of amides is 1.